The van der Waals surface area contributed by atoms with Crippen LogP contribution < -0.4 is 10.5 Å². The normalized spacial score (nSPS) is 12.7. The lowest BCUT2D eigenvalue weighted by atomic mass is 10.1. The SMILES string of the molecule is CC(=O)N1CCc2cc(C(=O)Cn3nc(-c4ccc(F)cc4)ccc3=O)ccc21. The number of halogens is 1. The van der Waals surface area contributed by atoms with Crippen molar-refractivity contribution in [3.63, 3.8) is 0 Å². The molecule has 0 fully saturated rings. The Kier molecular flexibility index (Phi) is 4.80. The fraction of sp³-hybridized carbons (Fsp3) is 0.182. The van der Waals surface area contributed by atoms with E-state index in [0.29, 0.717) is 29.8 Å². The summed E-state index contributed by atoms with van der Waals surface area (Å²) in [6.07, 6.45) is 0.689. The van der Waals surface area contributed by atoms with E-state index in [1.54, 1.807) is 41.3 Å². The highest BCUT2D eigenvalue weighted by Gasteiger charge is 2.23. The molecule has 2 aromatic carbocycles. The minimum absolute atomic E-state index is 0.0313. The van der Waals surface area contributed by atoms with E-state index >= 15 is 0 Å². The summed E-state index contributed by atoms with van der Waals surface area (Å²) in [5, 5.41) is 4.25. The number of carbonyl (C=O) groups is 2. The van der Waals surface area contributed by atoms with Gasteiger partial charge in [0.15, 0.2) is 5.78 Å². The van der Waals surface area contributed by atoms with Crippen LogP contribution in [0.25, 0.3) is 11.3 Å². The van der Waals surface area contributed by atoms with Crippen molar-refractivity contribution in [1.29, 1.82) is 0 Å². The average molecular weight is 391 g/mol. The van der Waals surface area contributed by atoms with E-state index in [0.717, 1.165) is 15.9 Å². The predicted octanol–water partition coefficient (Wildman–Crippen LogP) is 2.84. The van der Waals surface area contributed by atoms with Crippen molar-refractivity contribution in [1.82, 2.24) is 9.78 Å². The lowest BCUT2D eigenvalue weighted by Gasteiger charge is -2.14. The molecule has 1 aromatic heterocycles. The van der Waals surface area contributed by atoms with Crippen molar-refractivity contribution in [2.24, 2.45) is 0 Å². The van der Waals surface area contributed by atoms with Crippen molar-refractivity contribution in [3.05, 3.63) is 81.9 Å². The number of hydrogen-bond acceptors (Lipinski definition) is 4. The van der Waals surface area contributed by atoms with Crippen LogP contribution >= 0.6 is 0 Å². The summed E-state index contributed by atoms with van der Waals surface area (Å²) >= 11 is 0. The molecule has 0 spiro atoms. The second kappa shape index (κ2) is 7.43. The van der Waals surface area contributed by atoms with E-state index in [1.165, 1.54) is 25.1 Å². The molecular formula is C22H18FN3O3. The van der Waals surface area contributed by atoms with Crippen LogP contribution in [0.5, 0.6) is 0 Å². The molecule has 0 radical (unpaired) electrons. The van der Waals surface area contributed by atoms with Crippen LogP contribution in [-0.2, 0) is 17.8 Å². The van der Waals surface area contributed by atoms with Gasteiger partial charge in [-0.25, -0.2) is 9.07 Å². The Morgan fingerprint density at radius 1 is 1.07 bits per heavy atom. The van der Waals surface area contributed by atoms with Crippen molar-refractivity contribution >= 4 is 17.4 Å². The van der Waals surface area contributed by atoms with Gasteiger partial charge in [-0.15, -0.1) is 0 Å². The molecule has 0 atom stereocenters. The van der Waals surface area contributed by atoms with Gasteiger partial charge in [-0.3, -0.25) is 14.4 Å². The third kappa shape index (κ3) is 3.71. The Morgan fingerprint density at radius 3 is 2.55 bits per heavy atom. The lowest BCUT2D eigenvalue weighted by molar-refractivity contribution is -0.116. The van der Waals surface area contributed by atoms with Gasteiger partial charge in [-0.05, 0) is 60.5 Å². The maximum absolute atomic E-state index is 13.1. The van der Waals surface area contributed by atoms with Gasteiger partial charge >= 0.3 is 0 Å². The maximum atomic E-state index is 13.1. The number of aromatic nitrogens is 2. The number of nitrogens with zero attached hydrogens (tertiary/aromatic N) is 3. The highest BCUT2D eigenvalue weighted by Crippen LogP contribution is 2.29. The first-order valence-electron chi connectivity index (χ1n) is 9.21. The molecule has 1 aliphatic heterocycles. The van der Waals surface area contributed by atoms with E-state index in [2.05, 4.69) is 5.10 Å². The van der Waals surface area contributed by atoms with E-state index in [1.807, 2.05) is 0 Å². The number of amides is 1. The Labute approximate surface area is 166 Å². The largest absolute Gasteiger partial charge is 0.312 e. The predicted molar refractivity (Wildman–Crippen MR) is 106 cm³/mol. The Hall–Kier alpha value is -3.61. The molecule has 1 amide bonds. The van der Waals surface area contributed by atoms with E-state index in [9.17, 15) is 18.8 Å². The quantitative estimate of drug-likeness (QED) is 0.641. The highest BCUT2D eigenvalue weighted by molar-refractivity contribution is 5.98. The van der Waals surface area contributed by atoms with E-state index in [-0.39, 0.29) is 24.1 Å². The van der Waals surface area contributed by atoms with Gasteiger partial charge in [-0.1, -0.05) is 0 Å². The van der Waals surface area contributed by atoms with Crippen LogP contribution in [0, 0.1) is 5.82 Å². The number of Topliss-reactive ketones (excluding diaryl/α,β-unsaturated/α-hetero) is 1. The fourth-order valence-corrected chi connectivity index (χ4v) is 3.47. The molecule has 6 nitrogen and oxygen atoms in total. The number of carbonyl (C=O) groups excluding carboxylic acids is 2. The van der Waals surface area contributed by atoms with Crippen molar-refractivity contribution in [2.45, 2.75) is 19.9 Å². The van der Waals surface area contributed by atoms with Crippen LogP contribution in [0.4, 0.5) is 10.1 Å². The topological polar surface area (TPSA) is 72.3 Å². The molecule has 4 rings (SSSR count). The molecule has 29 heavy (non-hydrogen) atoms. The van der Waals surface area contributed by atoms with Crippen LogP contribution in [0.3, 0.4) is 0 Å². The number of ketones is 1. The minimum atomic E-state index is -0.395. The summed E-state index contributed by atoms with van der Waals surface area (Å²) in [5.74, 6) is -0.645. The molecule has 0 saturated carbocycles. The molecule has 0 aliphatic carbocycles. The number of benzene rings is 2. The Morgan fingerprint density at radius 2 is 1.83 bits per heavy atom. The highest BCUT2D eigenvalue weighted by atomic mass is 19.1. The summed E-state index contributed by atoms with van der Waals surface area (Å²) in [5.41, 5.74) is 2.95. The monoisotopic (exact) mass is 391 g/mol. The second-order valence-corrected chi connectivity index (χ2v) is 6.91. The van der Waals surface area contributed by atoms with Gasteiger partial charge in [0.05, 0.1) is 5.69 Å². The first-order valence-corrected chi connectivity index (χ1v) is 9.21. The van der Waals surface area contributed by atoms with Crippen molar-refractivity contribution in [2.75, 3.05) is 11.4 Å². The smallest absolute Gasteiger partial charge is 0.267 e. The average Bonchev–Trinajstić information content (AvgIpc) is 3.14. The van der Waals surface area contributed by atoms with Crippen LogP contribution in [0.15, 0.2) is 59.4 Å². The summed E-state index contributed by atoms with van der Waals surface area (Å²) in [6, 6.07) is 13.8. The number of hydrogen-bond donors (Lipinski definition) is 0. The number of anilines is 1. The van der Waals surface area contributed by atoms with E-state index in [4.69, 9.17) is 0 Å². The zero-order chi connectivity index (χ0) is 20.5. The molecule has 7 heteroatoms. The summed E-state index contributed by atoms with van der Waals surface area (Å²) in [7, 11) is 0. The number of rotatable bonds is 4. The molecule has 0 saturated heterocycles. The molecule has 1 aliphatic rings. The molecule has 0 N–H and O–H groups in total. The van der Waals surface area contributed by atoms with Gasteiger partial charge in [0.25, 0.3) is 5.56 Å². The number of fused-ring (bicyclic) bond motifs is 1. The maximum Gasteiger partial charge on any atom is 0.267 e. The summed E-state index contributed by atoms with van der Waals surface area (Å²) in [4.78, 5) is 38.3. The van der Waals surface area contributed by atoms with Crippen LogP contribution in [0.1, 0.15) is 22.8 Å². The molecule has 3 aromatic rings. The third-order valence-electron chi connectivity index (χ3n) is 4.98. The lowest BCUT2D eigenvalue weighted by Crippen LogP contribution is -2.26. The van der Waals surface area contributed by atoms with Gasteiger partial charge in [-0.2, -0.15) is 5.10 Å². The van der Waals surface area contributed by atoms with Gasteiger partial charge in [0, 0.05) is 36.3 Å². The van der Waals surface area contributed by atoms with Crippen molar-refractivity contribution < 1.29 is 14.0 Å². The zero-order valence-electron chi connectivity index (χ0n) is 15.8. The molecule has 0 bridgehead atoms. The minimum Gasteiger partial charge on any atom is -0.312 e. The fourth-order valence-electron chi connectivity index (χ4n) is 3.47. The molecular weight excluding hydrogens is 373 g/mol. The van der Waals surface area contributed by atoms with Gasteiger partial charge < -0.3 is 4.90 Å². The van der Waals surface area contributed by atoms with Crippen LogP contribution in [0.2, 0.25) is 0 Å². The summed E-state index contributed by atoms with van der Waals surface area (Å²) < 4.78 is 14.2. The van der Waals surface area contributed by atoms with Crippen molar-refractivity contribution in [3.8, 4) is 11.3 Å². The Bertz CT molecular complexity index is 1170. The second-order valence-electron chi connectivity index (χ2n) is 6.91. The van der Waals surface area contributed by atoms with Gasteiger partial charge in [0.1, 0.15) is 12.4 Å². The first-order chi connectivity index (χ1) is 13.9. The molecule has 146 valence electrons. The summed E-state index contributed by atoms with van der Waals surface area (Å²) in [6.45, 7) is 1.91. The Balaban J connectivity index is 1.59. The van der Waals surface area contributed by atoms with Gasteiger partial charge in [0.2, 0.25) is 5.91 Å². The van der Waals surface area contributed by atoms with E-state index < -0.39 is 5.56 Å². The third-order valence-corrected chi connectivity index (χ3v) is 4.98. The molecule has 2 heterocycles. The standard InChI is InChI=1S/C22H18FN3O3/c1-14(27)25-11-10-16-12-17(4-8-20(16)25)21(28)13-26-22(29)9-7-19(24-26)15-2-5-18(23)6-3-15/h2-9,12H,10-11,13H2,1H3. The van der Waals surface area contributed by atoms with Crippen LogP contribution in [-0.4, -0.2) is 28.0 Å². The molecule has 0 unspecified atom stereocenters. The first kappa shape index (κ1) is 18.7. The zero-order valence-corrected chi connectivity index (χ0v) is 15.8.